The zero-order chi connectivity index (χ0) is 12.7. The number of benzene rings is 1. The average molecular weight is 310 g/mol. The molecule has 0 saturated carbocycles. The standard InChI is InChI=1S/C12H9BrFN3O/c13-8-1-7(3-15)12-10(2-8)16-11(18-12)6-17-4-9(14)5-17/h1-2,9H,4-6H2. The van der Waals surface area contributed by atoms with Crippen molar-refractivity contribution in [2.75, 3.05) is 13.1 Å². The van der Waals surface area contributed by atoms with Crippen molar-refractivity contribution in [1.82, 2.24) is 9.88 Å². The van der Waals surface area contributed by atoms with Crippen molar-refractivity contribution in [3.05, 3.63) is 28.1 Å². The molecular weight excluding hydrogens is 301 g/mol. The molecule has 92 valence electrons. The number of halogens is 2. The summed E-state index contributed by atoms with van der Waals surface area (Å²) >= 11 is 3.32. The van der Waals surface area contributed by atoms with Gasteiger partial charge in [0.2, 0.25) is 5.89 Å². The van der Waals surface area contributed by atoms with E-state index in [0.717, 1.165) is 4.47 Å². The molecule has 0 spiro atoms. The summed E-state index contributed by atoms with van der Waals surface area (Å²) in [5.41, 5.74) is 1.59. The fourth-order valence-corrected chi connectivity index (χ4v) is 2.47. The lowest BCUT2D eigenvalue weighted by molar-refractivity contribution is 0.0524. The van der Waals surface area contributed by atoms with Crippen LogP contribution < -0.4 is 0 Å². The van der Waals surface area contributed by atoms with Crippen LogP contribution in [0.25, 0.3) is 11.1 Å². The molecule has 18 heavy (non-hydrogen) atoms. The molecule has 1 fully saturated rings. The molecule has 0 atom stereocenters. The monoisotopic (exact) mass is 309 g/mol. The molecule has 2 aromatic rings. The van der Waals surface area contributed by atoms with E-state index in [9.17, 15) is 4.39 Å². The third-order valence-corrected chi connectivity index (χ3v) is 3.35. The van der Waals surface area contributed by atoms with Crippen molar-refractivity contribution < 1.29 is 8.81 Å². The van der Waals surface area contributed by atoms with Gasteiger partial charge in [0.1, 0.15) is 17.8 Å². The highest BCUT2D eigenvalue weighted by Crippen LogP contribution is 2.26. The first kappa shape index (κ1) is 11.6. The average Bonchev–Trinajstić information content (AvgIpc) is 2.68. The minimum absolute atomic E-state index is 0.424. The number of hydrogen-bond donors (Lipinski definition) is 0. The molecule has 0 N–H and O–H groups in total. The van der Waals surface area contributed by atoms with Crippen molar-refractivity contribution in [3.63, 3.8) is 0 Å². The van der Waals surface area contributed by atoms with E-state index in [1.54, 1.807) is 12.1 Å². The van der Waals surface area contributed by atoms with Crippen LogP contribution in [0.15, 0.2) is 21.0 Å². The van der Waals surface area contributed by atoms with E-state index >= 15 is 0 Å². The van der Waals surface area contributed by atoms with Crippen LogP contribution in [-0.4, -0.2) is 29.1 Å². The Morgan fingerprint density at radius 3 is 3.00 bits per heavy atom. The smallest absolute Gasteiger partial charge is 0.209 e. The van der Waals surface area contributed by atoms with Gasteiger partial charge < -0.3 is 4.42 Å². The van der Waals surface area contributed by atoms with Crippen LogP contribution in [0.1, 0.15) is 11.5 Å². The molecule has 1 aromatic heterocycles. The molecule has 1 aromatic carbocycles. The first-order valence-corrected chi connectivity index (χ1v) is 6.30. The molecule has 0 unspecified atom stereocenters. The SMILES string of the molecule is N#Cc1cc(Br)cc2nc(CN3CC(F)C3)oc12. The van der Waals surface area contributed by atoms with Crippen molar-refractivity contribution in [2.24, 2.45) is 0 Å². The number of nitrogens with zero attached hydrogens (tertiary/aromatic N) is 3. The molecule has 0 amide bonds. The number of alkyl halides is 1. The van der Waals surface area contributed by atoms with Crippen LogP contribution in [0.2, 0.25) is 0 Å². The number of rotatable bonds is 2. The molecule has 0 radical (unpaired) electrons. The lowest BCUT2D eigenvalue weighted by Gasteiger charge is -2.32. The molecule has 2 heterocycles. The summed E-state index contributed by atoms with van der Waals surface area (Å²) in [7, 11) is 0. The summed E-state index contributed by atoms with van der Waals surface area (Å²) in [6.07, 6.45) is -0.738. The number of likely N-dealkylation sites (tertiary alicyclic amines) is 1. The zero-order valence-corrected chi connectivity index (χ0v) is 10.9. The highest BCUT2D eigenvalue weighted by Gasteiger charge is 2.27. The van der Waals surface area contributed by atoms with Gasteiger partial charge in [-0.2, -0.15) is 5.26 Å². The molecule has 6 heteroatoms. The second-order valence-corrected chi connectivity index (χ2v) is 5.23. The van der Waals surface area contributed by atoms with Crippen LogP contribution in [0.3, 0.4) is 0 Å². The molecule has 1 saturated heterocycles. The maximum absolute atomic E-state index is 12.7. The minimum Gasteiger partial charge on any atom is -0.438 e. The van der Waals surface area contributed by atoms with Crippen LogP contribution in [0.5, 0.6) is 0 Å². The fourth-order valence-electron chi connectivity index (χ4n) is 2.02. The van der Waals surface area contributed by atoms with Crippen LogP contribution in [0, 0.1) is 11.3 Å². The van der Waals surface area contributed by atoms with Gasteiger partial charge in [0.25, 0.3) is 0 Å². The lowest BCUT2D eigenvalue weighted by Crippen LogP contribution is -2.47. The summed E-state index contributed by atoms with van der Waals surface area (Å²) in [5.74, 6) is 0.520. The number of hydrogen-bond acceptors (Lipinski definition) is 4. The maximum atomic E-state index is 12.7. The zero-order valence-electron chi connectivity index (χ0n) is 9.36. The van der Waals surface area contributed by atoms with Gasteiger partial charge in [0.15, 0.2) is 5.58 Å². The Hall–Kier alpha value is -1.45. The Kier molecular flexibility index (Phi) is 2.80. The van der Waals surface area contributed by atoms with E-state index in [-0.39, 0.29) is 0 Å². The second kappa shape index (κ2) is 4.34. The number of fused-ring (bicyclic) bond motifs is 1. The molecule has 1 aliphatic rings. The lowest BCUT2D eigenvalue weighted by atomic mass is 10.2. The van der Waals surface area contributed by atoms with E-state index in [1.807, 2.05) is 4.90 Å². The second-order valence-electron chi connectivity index (χ2n) is 4.31. The first-order chi connectivity index (χ1) is 8.65. The quantitative estimate of drug-likeness (QED) is 0.855. The normalized spacial score (nSPS) is 16.7. The highest BCUT2D eigenvalue weighted by molar-refractivity contribution is 9.10. The minimum atomic E-state index is -0.738. The highest BCUT2D eigenvalue weighted by atomic mass is 79.9. The van der Waals surface area contributed by atoms with E-state index in [0.29, 0.717) is 42.2 Å². The van der Waals surface area contributed by atoms with Gasteiger partial charge in [-0.1, -0.05) is 15.9 Å². The van der Waals surface area contributed by atoms with E-state index in [4.69, 9.17) is 9.68 Å². The Morgan fingerprint density at radius 1 is 1.56 bits per heavy atom. The Bertz CT molecular complexity index is 643. The van der Waals surface area contributed by atoms with Crippen molar-refractivity contribution >= 4 is 27.0 Å². The Labute approximate surface area is 111 Å². The summed E-state index contributed by atoms with van der Waals surface area (Å²) in [6, 6.07) is 5.57. The van der Waals surface area contributed by atoms with Crippen molar-refractivity contribution in [3.8, 4) is 6.07 Å². The van der Waals surface area contributed by atoms with Gasteiger partial charge in [-0.25, -0.2) is 9.37 Å². The van der Waals surface area contributed by atoms with Crippen LogP contribution >= 0.6 is 15.9 Å². The predicted molar refractivity (Wildman–Crippen MR) is 66.6 cm³/mol. The van der Waals surface area contributed by atoms with Crippen LogP contribution in [0.4, 0.5) is 4.39 Å². The number of aromatic nitrogens is 1. The largest absolute Gasteiger partial charge is 0.438 e. The van der Waals surface area contributed by atoms with Gasteiger partial charge in [0.05, 0.1) is 12.1 Å². The third kappa shape index (κ3) is 2.00. The fraction of sp³-hybridized carbons (Fsp3) is 0.333. The van der Waals surface area contributed by atoms with Crippen molar-refractivity contribution in [2.45, 2.75) is 12.7 Å². The van der Waals surface area contributed by atoms with Gasteiger partial charge in [-0.05, 0) is 12.1 Å². The first-order valence-electron chi connectivity index (χ1n) is 5.51. The molecule has 3 rings (SSSR count). The van der Waals surface area contributed by atoms with Gasteiger partial charge >= 0.3 is 0 Å². The summed E-state index contributed by atoms with van der Waals surface area (Å²) in [4.78, 5) is 6.23. The van der Waals surface area contributed by atoms with E-state index in [1.165, 1.54) is 0 Å². The van der Waals surface area contributed by atoms with E-state index < -0.39 is 6.17 Å². The van der Waals surface area contributed by atoms with Gasteiger partial charge in [-0.15, -0.1) is 0 Å². The molecule has 0 aliphatic carbocycles. The third-order valence-electron chi connectivity index (χ3n) is 2.89. The Balaban J connectivity index is 1.93. The van der Waals surface area contributed by atoms with E-state index in [2.05, 4.69) is 27.0 Å². The number of oxazole rings is 1. The van der Waals surface area contributed by atoms with Gasteiger partial charge in [0, 0.05) is 17.6 Å². The Morgan fingerprint density at radius 2 is 2.33 bits per heavy atom. The molecule has 4 nitrogen and oxygen atoms in total. The topological polar surface area (TPSA) is 53.1 Å². The summed E-state index contributed by atoms with van der Waals surface area (Å²) in [6.45, 7) is 1.33. The molecule has 1 aliphatic heterocycles. The molecule has 0 bridgehead atoms. The summed E-state index contributed by atoms with van der Waals surface area (Å²) < 4.78 is 19.1. The van der Waals surface area contributed by atoms with Crippen molar-refractivity contribution in [1.29, 1.82) is 5.26 Å². The maximum Gasteiger partial charge on any atom is 0.209 e. The summed E-state index contributed by atoms with van der Waals surface area (Å²) in [5, 5.41) is 9.02. The number of nitriles is 1. The predicted octanol–water partition coefficient (Wildman–Crippen LogP) is 2.62. The van der Waals surface area contributed by atoms with Gasteiger partial charge in [-0.3, -0.25) is 4.90 Å². The van der Waals surface area contributed by atoms with Crippen LogP contribution in [-0.2, 0) is 6.54 Å². The molecular formula is C12H9BrFN3O.